The lowest BCUT2D eigenvalue weighted by Gasteiger charge is -2.39. The molecule has 7 atom stereocenters. The number of fused-ring (bicyclic) bond motifs is 2. The van der Waals surface area contributed by atoms with Crippen molar-refractivity contribution in [3.05, 3.63) is 64.4 Å². The van der Waals surface area contributed by atoms with Gasteiger partial charge in [-0.15, -0.1) is 0 Å². The van der Waals surface area contributed by atoms with Crippen LogP contribution >= 0.6 is 11.6 Å². The molecule has 2 aliphatic heterocycles. The van der Waals surface area contributed by atoms with Gasteiger partial charge < -0.3 is 16.4 Å². The average molecular weight is 610 g/mol. The fourth-order valence-corrected chi connectivity index (χ4v) is 8.66. The molecule has 0 spiro atoms. The van der Waals surface area contributed by atoms with Gasteiger partial charge in [-0.1, -0.05) is 30.5 Å². The number of nitrogens with two attached hydrogens (primary N) is 1. The standard InChI is InChI=1S/C29H38ClF2N5O3S/c30-24-10-8-19(13-25(24)32)27(20-12-21(31)15-34-14-20)28(33)29(38)36-26-6-2-1-4-18(26)7-9-23-16-35-22-5-3-11-41(39,40)37(23)17-22/h8,10,12-15,18,22-23,26-28,35H,1-7,9,11,16-17,33H2,(H,36,38). The lowest BCUT2D eigenvalue weighted by molar-refractivity contribution is -0.124. The molecule has 1 aliphatic carbocycles. The lowest BCUT2D eigenvalue weighted by atomic mass is 9.80. The number of pyridine rings is 1. The van der Waals surface area contributed by atoms with Crippen molar-refractivity contribution in [2.45, 2.75) is 81.5 Å². The second-order valence-corrected chi connectivity index (χ2v) is 14.1. The van der Waals surface area contributed by atoms with Crippen molar-refractivity contribution in [2.75, 3.05) is 18.8 Å². The topological polar surface area (TPSA) is 117 Å². The van der Waals surface area contributed by atoms with Gasteiger partial charge in [-0.3, -0.25) is 9.78 Å². The van der Waals surface area contributed by atoms with E-state index < -0.39 is 39.5 Å². The molecule has 3 aliphatic rings. The Morgan fingerprint density at radius 1 is 1.12 bits per heavy atom. The predicted molar refractivity (Wildman–Crippen MR) is 154 cm³/mol. The van der Waals surface area contributed by atoms with E-state index in [2.05, 4.69) is 15.6 Å². The van der Waals surface area contributed by atoms with Crippen LogP contribution in [-0.4, -0.2) is 66.6 Å². The number of amides is 1. The Morgan fingerprint density at radius 2 is 1.93 bits per heavy atom. The van der Waals surface area contributed by atoms with E-state index in [9.17, 15) is 22.0 Å². The van der Waals surface area contributed by atoms with Gasteiger partial charge in [0.2, 0.25) is 15.9 Å². The van der Waals surface area contributed by atoms with Crippen molar-refractivity contribution in [1.82, 2.24) is 19.9 Å². The summed E-state index contributed by atoms with van der Waals surface area (Å²) in [5.74, 6) is -2.13. The zero-order valence-corrected chi connectivity index (χ0v) is 24.5. The molecule has 1 saturated carbocycles. The summed E-state index contributed by atoms with van der Waals surface area (Å²) in [6.45, 7) is 1.16. The molecule has 12 heteroatoms. The smallest absolute Gasteiger partial charge is 0.238 e. The molecule has 7 unspecified atom stereocenters. The molecule has 2 aromatic rings. The Hall–Kier alpha value is -2.18. The highest BCUT2D eigenvalue weighted by Crippen LogP contribution is 2.33. The highest BCUT2D eigenvalue weighted by atomic mass is 35.5. The molecule has 1 aromatic carbocycles. The number of carbonyl (C=O) groups is 1. The molecule has 0 radical (unpaired) electrons. The first kappa shape index (κ1) is 30.3. The Kier molecular flexibility index (Phi) is 9.60. The summed E-state index contributed by atoms with van der Waals surface area (Å²) in [7, 11) is -3.27. The number of benzene rings is 1. The number of hydrogen-bond donors (Lipinski definition) is 3. The average Bonchev–Trinajstić information content (AvgIpc) is 3.06. The molecular weight excluding hydrogens is 572 g/mol. The minimum Gasteiger partial charge on any atom is -0.352 e. The highest BCUT2D eigenvalue weighted by molar-refractivity contribution is 7.89. The van der Waals surface area contributed by atoms with Crippen LogP contribution in [0.2, 0.25) is 5.02 Å². The molecule has 4 N–H and O–H groups in total. The Morgan fingerprint density at radius 3 is 2.71 bits per heavy atom. The lowest BCUT2D eigenvalue weighted by Crippen LogP contribution is -2.57. The van der Waals surface area contributed by atoms with E-state index in [4.69, 9.17) is 17.3 Å². The molecule has 8 nitrogen and oxygen atoms in total. The van der Waals surface area contributed by atoms with Crippen LogP contribution < -0.4 is 16.4 Å². The molecule has 1 aromatic heterocycles. The van der Waals surface area contributed by atoms with Gasteiger partial charge in [0.05, 0.1) is 23.0 Å². The molecular formula is C29H38ClF2N5O3S. The molecule has 41 heavy (non-hydrogen) atoms. The van der Waals surface area contributed by atoms with E-state index in [-0.39, 0.29) is 34.8 Å². The van der Waals surface area contributed by atoms with Gasteiger partial charge >= 0.3 is 0 Å². The maximum Gasteiger partial charge on any atom is 0.238 e. The van der Waals surface area contributed by atoms with E-state index in [1.165, 1.54) is 24.4 Å². The summed E-state index contributed by atoms with van der Waals surface area (Å²) in [5.41, 5.74) is 7.27. The summed E-state index contributed by atoms with van der Waals surface area (Å²) in [4.78, 5) is 17.5. The van der Waals surface area contributed by atoms with Crippen LogP contribution in [0.5, 0.6) is 0 Å². The maximum atomic E-state index is 14.4. The molecule has 5 rings (SSSR count). The van der Waals surface area contributed by atoms with Crippen molar-refractivity contribution in [1.29, 1.82) is 0 Å². The van der Waals surface area contributed by atoms with Crippen molar-refractivity contribution in [3.8, 4) is 0 Å². The number of nitrogens with zero attached hydrogens (tertiary/aromatic N) is 2. The number of piperazine rings is 1. The number of halogens is 3. The summed E-state index contributed by atoms with van der Waals surface area (Å²) in [6, 6.07) is 4.29. The Labute approximate surface area is 245 Å². The van der Waals surface area contributed by atoms with Crippen LogP contribution in [0, 0.1) is 17.6 Å². The number of carbonyl (C=O) groups excluding carboxylic acids is 1. The van der Waals surface area contributed by atoms with Gasteiger partial charge in [-0.05, 0) is 73.8 Å². The maximum absolute atomic E-state index is 14.4. The van der Waals surface area contributed by atoms with Crippen molar-refractivity contribution >= 4 is 27.5 Å². The zero-order chi connectivity index (χ0) is 29.1. The van der Waals surface area contributed by atoms with Crippen molar-refractivity contribution in [3.63, 3.8) is 0 Å². The van der Waals surface area contributed by atoms with Crippen LogP contribution in [0.1, 0.15) is 68.4 Å². The summed E-state index contributed by atoms with van der Waals surface area (Å²) in [6.07, 6.45) is 9.24. The fraction of sp³-hybridized carbons (Fsp3) is 0.586. The second kappa shape index (κ2) is 13.0. The number of hydrogen-bond acceptors (Lipinski definition) is 6. The molecule has 3 heterocycles. The third-order valence-electron chi connectivity index (χ3n) is 8.92. The minimum absolute atomic E-state index is 0.0652. The first-order valence-electron chi connectivity index (χ1n) is 14.5. The molecule has 1 amide bonds. The van der Waals surface area contributed by atoms with Crippen LogP contribution in [0.25, 0.3) is 0 Å². The molecule has 2 bridgehead atoms. The fourth-order valence-electron chi connectivity index (χ4n) is 6.74. The SMILES string of the molecule is NC(C(=O)NC1CCCCC1CCC1CNC2CCCS(=O)(=O)N1C2)C(c1cncc(F)c1)c1ccc(Cl)c(F)c1. The van der Waals surface area contributed by atoms with Crippen LogP contribution in [0.4, 0.5) is 8.78 Å². The number of rotatable bonds is 8. The van der Waals surface area contributed by atoms with Crippen LogP contribution in [0.3, 0.4) is 0 Å². The zero-order valence-electron chi connectivity index (χ0n) is 22.9. The van der Waals surface area contributed by atoms with Gasteiger partial charge in [0.15, 0.2) is 0 Å². The van der Waals surface area contributed by atoms with Crippen LogP contribution in [-0.2, 0) is 14.8 Å². The third-order valence-corrected chi connectivity index (χ3v) is 11.2. The highest BCUT2D eigenvalue weighted by Gasteiger charge is 2.39. The van der Waals surface area contributed by atoms with E-state index in [0.29, 0.717) is 37.1 Å². The van der Waals surface area contributed by atoms with Crippen LogP contribution in [0.15, 0.2) is 36.7 Å². The number of sulfonamides is 1. The second-order valence-electron chi connectivity index (χ2n) is 11.6. The van der Waals surface area contributed by atoms with E-state index in [1.54, 1.807) is 10.4 Å². The van der Waals surface area contributed by atoms with E-state index in [0.717, 1.165) is 44.7 Å². The van der Waals surface area contributed by atoms with Gasteiger partial charge in [-0.25, -0.2) is 17.2 Å². The van der Waals surface area contributed by atoms with Gasteiger partial charge in [0.1, 0.15) is 11.6 Å². The number of aromatic nitrogens is 1. The van der Waals surface area contributed by atoms with E-state index in [1.807, 2.05) is 0 Å². The molecule has 2 saturated heterocycles. The summed E-state index contributed by atoms with van der Waals surface area (Å²) in [5, 5.41) is 6.60. The van der Waals surface area contributed by atoms with Crippen molar-refractivity contribution < 1.29 is 22.0 Å². The Bertz CT molecular complexity index is 1350. The first-order valence-corrected chi connectivity index (χ1v) is 16.5. The number of nitrogens with one attached hydrogen (secondary N) is 2. The van der Waals surface area contributed by atoms with Gasteiger partial charge in [0.25, 0.3) is 0 Å². The largest absolute Gasteiger partial charge is 0.352 e. The Balaban J connectivity index is 1.29. The quantitative estimate of drug-likeness (QED) is 0.420. The predicted octanol–water partition coefficient (Wildman–Crippen LogP) is 3.69. The van der Waals surface area contributed by atoms with Crippen molar-refractivity contribution in [2.24, 2.45) is 11.7 Å². The third kappa shape index (κ3) is 7.07. The normalized spacial score (nSPS) is 29.2. The molecule has 224 valence electrons. The minimum atomic E-state index is -3.27. The summed E-state index contributed by atoms with van der Waals surface area (Å²) < 4.78 is 56.0. The molecule has 3 fully saturated rings. The van der Waals surface area contributed by atoms with Gasteiger partial charge in [0, 0.05) is 43.3 Å². The summed E-state index contributed by atoms with van der Waals surface area (Å²) >= 11 is 5.88. The monoisotopic (exact) mass is 609 g/mol. The van der Waals surface area contributed by atoms with Gasteiger partial charge in [-0.2, -0.15) is 4.31 Å². The van der Waals surface area contributed by atoms with E-state index >= 15 is 0 Å². The first-order chi connectivity index (χ1) is 19.6.